The van der Waals surface area contributed by atoms with Crippen molar-refractivity contribution in [1.82, 2.24) is 5.32 Å². The molecule has 2 fully saturated rings. The first kappa shape index (κ1) is 15.6. The van der Waals surface area contributed by atoms with Crippen molar-refractivity contribution in [3.05, 3.63) is 70.5 Å². The number of halogens is 2. The highest BCUT2D eigenvalue weighted by atomic mass is 35.5. The van der Waals surface area contributed by atoms with Gasteiger partial charge in [0.05, 0.1) is 0 Å². The van der Waals surface area contributed by atoms with E-state index in [9.17, 15) is 9.18 Å². The summed E-state index contributed by atoms with van der Waals surface area (Å²) in [4.78, 5) is 12.4. The molecule has 4 heteroatoms. The topological polar surface area (TPSA) is 29.1 Å². The van der Waals surface area contributed by atoms with Gasteiger partial charge in [0.2, 0.25) is 5.91 Å². The van der Waals surface area contributed by atoms with Crippen LogP contribution in [0.3, 0.4) is 0 Å². The molecule has 1 N–H and O–H groups in total. The predicted molar refractivity (Wildman–Crippen MR) is 92.6 cm³/mol. The zero-order valence-corrected chi connectivity index (χ0v) is 14.0. The molecule has 2 aromatic carbocycles. The second-order valence-electron chi connectivity index (χ2n) is 7.01. The van der Waals surface area contributed by atoms with Crippen molar-refractivity contribution in [3.63, 3.8) is 0 Å². The summed E-state index contributed by atoms with van der Waals surface area (Å²) in [6, 6.07) is 14.4. The second kappa shape index (κ2) is 5.89. The van der Waals surface area contributed by atoms with Crippen LogP contribution >= 0.6 is 11.6 Å². The van der Waals surface area contributed by atoms with Crippen LogP contribution in [0.1, 0.15) is 36.3 Å². The molecule has 0 bridgehead atoms. The van der Waals surface area contributed by atoms with Crippen LogP contribution in [-0.2, 0) is 10.2 Å². The average Bonchev–Trinajstić information content (AvgIpc) is 3.47. The van der Waals surface area contributed by atoms with E-state index in [0.717, 1.165) is 30.4 Å². The summed E-state index contributed by atoms with van der Waals surface area (Å²) in [5.74, 6) is 0.228. The molecule has 0 aromatic heterocycles. The van der Waals surface area contributed by atoms with Gasteiger partial charge in [-0.2, -0.15) is 0 Å². The molecule has 2 nitrogen and oxygen atoms in total. The van der Waals surface area contributed by atoms with E-state index in [1.54, 1.807) is 0 Å². The zero-order valence-electron chi connectivity index (χ0n) is 13.3. The van der Waals surface area contributed by atoms with Crippen molar-refractivity contribution >= 4 is 17.5 Å². The average molecular weight is 344 g/mol. The quantitative estimate of drug-likeness (QED) is 0.854. The SMILES string of the molecule is O=C(NCC1(c2ccc(F)cc2)CC1)C1CC1c1cccc(Cl)c1. The molecular formula is C20H19ClFNO. The first-order chi connectivity index (χ1) is 11.6. The zero-order chi connectivity index (χ0) is 16.7. The predicted octanol–water partition coefficient (Wildman–Crippen LogP) is 4.43. The number of hydrogen-bond acceptors (Lipinski definition) is 1. The van der Waals surface area contributed by atoms with E-state index in [4.69, 9.17) is 11.6 Å². The molecule has 2 saturated carbocycles. The van der Waals surface area contributed by atoms with E-state index in [-0.39, 0.29) is 29.0 Å². The summed E-state index contributed by atoms with van der Waals surface area (Å²) in [6.45, 7) is 0.635. The molecule has 1 amide bonds. The third-order valence-electron chi connectivity index (χ3n) is 5.32. The van der Waals surface area contributed by atoms with Gasteiger partial charge in [0.1, 0.15) is 5.82 Å². The molecule has 24 heavy (non-hydrogen) atoms. The van der Waals surface area contributed by atoms with E-state index in [2.05, 4.69) is 5.32 Å². The molecule has 2 aliphatic carbocycles. The Labute approximate surface area is 146 Å². The lowest BCUT2D eigenvalue weighted by Gasteiger charge is -2.16. The van der Waals surface area contributed by atoms with Gasteiger partial charge in [-0.25, -0.2) is 4.39 Å². The van der Waals surface area contributed by atoms with Crippen molar-refractivity contribution < 1.29 is 9.18 Å². The van der Waals surface area contributed by atoms with E-state index < -0.39 is 0 Å². The molecule has 124 valence electrons. The largest absolute Gasteiger partial charge is 0.355 e. The first-order valence-electron chi connectivity index (χ1n) is 8.37. The fourth-order valence-electron chi connectivity index (χ4n) is 3.50. The van der Waals surface area contributed by atoms with E-state index in [1.807, 2.05) is 36.4 Å². The molecule has 2 aromatic rings. The minimum Gasteiger partial charge on any atom is -0.355 e. The highest BCUT2D eigenvalue weighted by Crippen LogP contribution is 2.50. The van der Waals surface area contributed by atoms with Crippen LogP contribution < -0.4 is 5.32 Å². The van der Waals surface area contributed by atoms with Crippen LogP contribution in [0.4, 0.5) is 4.39 Å². The molecular weight excluding hydrogens is 325 g/mol. The number of hydrogen-bond donors (Lipinski definition) is 1. The van der Waals surface area contributed by atoms with Crippen molar-refractivity contribution in [1.29, 1.82) is 0 Å². The molecule has 0 heterocycles. The summed E-state index contributed by atoms with van der Waals surface area (Å²) in [5, 5.41) is 3.82. The lowest BCUT2D eigenvalue weighted by Crippen LogP contribution is -2.33. The number of carbonyl (C=O) groups is 1. The number of benzene rings is 2. The third-order valence-corrected chi connectivity index (χ3v) is 5.55. The van der Waals surface area contributed by atoms with Gasteiger partial charge in [0.15, 0.2) is 0 Å². The Hall–Kier alpha value is -1.87. The van der Waals surface area contributed by atoms with Crippen molar-refractivity contribution in [2.75, 3.05) is 6.54 Å². The maximum atomic E-state index is 13.1. The smallest absolute Gasteiger partial charge is 0.223 e. The summed E-state index contributed by atoms with van der Waals surface area (Å²) in [7, 11) is 0. The van der Waals surface area contributed by atoms with E-state index in [0.29, 0.717) is 11.6 Å². The summed E-state index contributed by atoms with van der Waals surface area (Å²) < 4.78 is 13.1. The summed E-state index contributed by atoms with van der Waals surface area (Å²) in [5.41, 5.74) is 2.26. The third kappa shape index (κ3) is 3.05. The van der Waals surface area contributed by atoms with Crippen molar-refractivity contribution in [3.8, 4) is 0 Å². The first-order valence-corrected chi connectivity index (χ1v) is 8.74. The van der Waals surface area contributed by atoms with Gasteiger partial charge in [0, 0.05) is 22.9 Å². The Morgan fingerprint density at radius 3 is 2.62 bits per heavy atom. The van der Waals surface area contributed by atoms with Crippen molar-refractivity contribution in [2.24, 2.45) is 5.92 Å². The molecule has 0 spiro atoms. The van der Waals surface area contributed by atoms with Gasteiger partial charge in [-0.15, -0.1) is 0 Å². The molecule has 2 atom stereocenters. The summed E-state index contributed by atoms with van der Waals surface area (Å²) >= 11 is 6.02. The van der Waals surface area contributed by atoms with Gasteiger partial charge < -0.3 is 5.32 Å². The van der Waals surface area contributed by atoms with Crippen LogP contribution in [0.15, 0.2) is 48.5 Å². The van der Waals surface area contributed by atoms with E-state index in [1.165, 1.54) is 12.1 Å². The lowest BCUT2D eigenvalue weighted by atomic mass is 9.96. The Morgan fingerprint density at radius 1 is 1.21 bits per heavy atom. The van der Waals surface area contributed by atoms with Crippen LogP contribution in [0.2, 0.25) is 5.02 Å². The minimum atomic E-state index is -0.221. The monoisotopic (exact) mass is 343 g/mol. The Bertz CT molecular complexity index is 769. The lowest BCUT2D eigenvalue weighted by molar-refractivity contribution is -0.122. The van der Waals surface area contributed by atoms with Gasteiger partial charge in [-0.05, 0) is 60.6 Å². The highest BCUT2D eigenvalue weighted by Gasteiger charge is 2.47. The van der Waals surface area contributed by atoms with Crippen molar-refractivity contribution in [2.45, 2.75) is 30.6 Å². The maximum Gasteiger partial charge on any atom is 0.223 e. The molecule has 4 rings (SSSR count). The molecule has 0 saturated heterocycles. The number of nitrogens with one attached hydrogen (secondary N) is 1. The fourth-order valence-corrected chi connectivity index (χ4v) is 3.70. The van der Waals surface area contributed by atoms with Crippen LogP contribution in [-0.4, -0.2) is 12.5 Å². The molecule has 2 aliphatic rings. The molecule has 0 radical (unpaired) electrons. The Morgan fingerprint density at radius 2 is 1.96 bits per heavy atom. The number of amides is 1. The Kier molecular flexibility index (Phi) is 3.84. The van der Waals surface area contributed by atoms with Gasteiger partial charge in [-0.1, -0.05) is 35.9 Å². The highest BCUT2D eigenvalue weighted by molar-refractivity contribution is 6.30. The minimum absolute atomic E-state index is 0.00377. The van der Waals surface area contributed by atoms with Crippen LogP contribution in [0.25, 0.3) is 0 Å². The normalized spacial score (nSPS) is 23.6. The van der Waals surface area contributed by atoms with Crippen LogP contribution in [0, 0.1) is 11.7 Å². The fraction of sp³-hybridized carbons (Fsp3) is 0.350. The standard InChI is InChI=1S/C20H19ClFNO/c21-15-3-1-2-13(10-15)17-11-18(17)19(24)23-12-20(8-9-20)14-4-6-16(22)7-5-14/h1-7,10,17-18H,8-9,11-12H2,(H,23,24). The maximum absolute atomic E-state index is 13.1. The summed E-state index contributed by atoms with van der Waals surface area (Å²) in [6.07, 6.45) is 2.97. The number of carbonyl (C=O) groups excluding carboxylic acids is 1. The van der Waals surface area contributed by atoms with E-state index >= 15 is 0 Å². The van der Waals surface area contributed by atoms with Gasteiger partial charge in [-0.3, -0.25) is 4.79 Å². The van der Waals surface area contributed by atoms with Gasteiger partial charge >= 0.3 is 0 Å². The second-order valence-corrected chi connectivity index (χ2v) is 7.45. The molecule has 0 aliphatic heterocycles. The number of rotatable bonds is 5. The Balaban J connectivity index is 1.35. The molecule has 2 unspecified atom stereocenters. The van der Waals surface area contributed by atoms with Gasteiger partial charge in [0.25, 0.3) is 0 Å². The van der Waals surface area contributed by atoms with Crippen LogP contribution in [0.5, 0.6) is 0 Å².